The first-order valence-corrected chi connectivity index (χ1v) is 7.49. The Morgan fingerprint density at radius 1 is 1.24 bits per heavy atom. The number of rotatable bonds is 8. The zero-order valence-corrected chi connectivity index (χ0v) is 11.3. The fourth-order valence-corrected chi connectivity index (χ4v) is 2.26. The number of hydrogen-bond donors (Lipinski definition) is 1. The molecular weight excluding hydrogens is 232 g/mol. The van der Waals surface area contributed by atoms with Crippen molar-refractivity contribution >= 4 is 11.4 Å². The molecule has 0 radical (unpaired) electrons. The fraction of sp³-hybridized carbons (Fsp3) is 0.538. The Hall–Kier alpha value is -0.550. The molecule has 0 saturated heterocycles. The lowest BCUT2D eigenvalue weighted by Gasteiger charge is -2.20. The van der Waals surface area contributed by atoms with Crippen molar-refractivity contribution in [3.8, 4) is 0 Å². The summed E-state index contributed by atoms with van der Waals surface area (Å²) in [7, 11) is 0. The molecule has 3 nitrogen and oxygen atoms in total. The summed E-state index contributed by atoms with van der Waals surface area (Å²) in [6.07, 6.45) is 2.00. The van der Waals surface area contributed by atoms with Crippen LogP contribution in [-0.2, 0) is 17.9 Å². The number of unbranched alkanes of at least 4 members (excludes halogenated alkanes) is 1. The predicted octanol–water partition coefficient (Wildman–Crippen LogP) is 1.91. The highest BCUT2D eigenvalue weighted by atomic mass is 32.2. The van der Waals surface area contributed by atoms with Crippen LogP contribution < -0.4 is 5.14 Å². The van der Waals surface area contributed by atoms with Crippen LogP contribution in [-0.4, -0.2) is 28.3 Å². The summed E-state index contributed by atoms with van der Waals surface area (Å²) in [6.45, 7) is 5.25. The van der Waals surface area contributed by atoms with Gasteiger partial charge >= 0.3 is 0 Å². The van der Waals surface area contributed by atoms with E-state index in [0.29, 0.717) is 5.75 Å². The number of hydrogen-bond acceptors (Lipinski definition) is 3. The molecule has 0 fully saturated rings. The molecule has 1 aromatic rings. The van der Waals surface area contributed by atoms with Crippen LogP contribution in [0.25, 0.3) is 0 Å². The molecule has 1 aromatic carbocycles. The first kappa shape index (κ1) is 14.5. The summed E-state index contributed by atoms with van der Waals surface area (Å²) in [5, 5.41) is 5.22. The third-order valence-corrected chi connectivity index (χ3v) is 3.46. The molecule has 0 spiro atoms. The van der Waals surface area contributed by atoms with Crippen LogP contribution in [0.2, 0.25) is 0 Å². The fourth-order valence-electron chi connectivity index (χ4n) is 1.77. The second-order valence-corrected chi connectivity index (χ2v) is 5.32. The van der Waals surface area contributed by atoms with Crippen LogP contribution in [0, 0.1) is 0 Å². The van der Waals surface area contributed by atoms with Crippen molar-refractivity contribution in [2.45, 2.75) is 26.3 Å². The van der Waals surface area contributed by atoms with E-state index in [4.69, 9.17) is 5.14 Å². The second-order valence-electron chi connectivity index (χ2n) is 4.15. The summed E-state index contributed by atoms with van der Waals surface area (Å²) in [4.78, 5) is 2.40. The van der Waals surface area contributed by atoms with Crippen LogP contribution in [0.4, 0.5) is 0 Å². The Bertz CT molecular complexity index is 293. The first-order valence-electron chi connectivity index (χ1n) is 6.11. The summed E-state index contributed by atoms with van der Waals surface area (Å²) in [5.41, 5.74) is 1.34. The SMILES string of the molecule is CCN(CCCC[S+](N)[O-])Cc1ccccc1. The van der Waals surface area contributed by atoms with Gasteiger partial charge in [-0.05, 0) is 31.5 Å². The average Bonchev–Trinajstić information content (AvgIpc) is 2.34. The van der Waals surface area contributed by atoms with Crippen LogP contribution in [0.5, 0.6) is 0 Å². The van der Waals surface area contributed by atoms with E-state index in [1.807, 2.05) is 6.07 Å². The van der Waals surface area contributed by atoms with Gasteiger partial charge in [0.25, 0.3) is 0 Å². The molecule has 0 aromatic heterocycles. The van der Waals surface area contributed by atoms with Gasteiger partial charge in [0.1, 0.15) is 5.75 Å². The highest BCUT2D eigenvalue weighted by Gasteiger charge is 2.04. The van der Waals surface area contributed by atoms with Crippen molar-refractivity contribution in [1.29, 1.82) is 0 Å². The van der Waals surface area contributed by atoms with Crippen molar-refractivity contribution in [2.75, 3.05) is 18.8 Å². The maximum atomic E-state index is 10.7. The summed E-state index contributed by atoms with van der Waals surface area (Å²) in [5.74, 6) is 0.614. The maximum absolute atomic E-state index is 10.7. The maximum Gasteiger partial charge on any atom is 0.125 e. The minimum absolute atomic E-state index is 0.614. The smallest absolute Gasteiger partial charge is 0.125 e. The van der Waals surface area contributed by atoms with E-state index in [-0.39, 0.29) is 0 Å². The van der Waals surface area contributed by atoms with Gasteiger partial charge < -0.3 is 4.55 Å². The van der Waals surface area contributed by atoms with E-state index in [1.54, 1.807) is 0 Å². The van der Waals surface area contributed by atoms with Crippen LogP contribution in [0.1, 0.15) is 25.3 Å². The largest absolute Gasteiger partial charge is 0.598 e. The van der Waals surface area contributed by atoms with Gasteiger partial charge in [-0.2, -0.15) is 5.14 Å². The van der Waals surface area contributed by atoms with Crippen molar-refractivity contribution in [3.63, 3.8) is 0 Å². The summed E-state index contributed by atoms with van der Waals surface area (Å²) >= 11 is -1.14. The lowest BCUT2D eigenvalue weighted by molar-refractivity contribution is 0.275. The van der Waals surface area contributed by atoms with E-state index < -0.39 is 11.4 Å². The number of nitrogens with zero attached hydrogens (tertiary/aromatic N) is 1. The molecule has 0 aliphatic carbocycles. The van der Waals surface area contributed by atoms with Gasteiger partial charge in [0.05, 0.1) is 0 Å². The van der Waals surface area contributed by atoms with E-state index in [9.17, 15) is 4.55 Å². The molecule has 0 saturated carbocycles. The van der Waals surface area contributed by atoms with Crippen LogP contribution >= 0.6 is 0 Å². The Labute approximate surface area is 107 Å². The van der Waals surface area contributed by atoms with E-state index >= 15 is 0 Å². The Balaban J connectivity index is 2.24. The van der Waals surface area contributed by atoms with Crippen LogP contribution in [0.15, 0.2) is 30.3 Å². The lowest BCUT2D eigenvalue weighted by atomic mass is 10.2. The minimum Gasteiger partial charge on any atom is -0.598 e. The summed E-state index contributed by atoms with van der Waals surface area (Å²) < 4.78 is 10.7. The Morgan fingerprint density at radius 3 is 2.53 bits per heavy atom. The molecule has 0 aliphatic heterocycles. The van der Waals surface area contributed by atoms with Crippen molar-refractivity contribution in [3.05, 3.63) is 35.9 Å². The molecule has 1 atom stereocenters. The molecule has 0 aliphatic rings. The van der Waals surface area contributed by atoms with Gasteiger partial charge in [-0.15, -0.1) is 0 Å². The topological polar surface area (TPSA) is 52.3 Å². The summed E-state index contributed by atoms with van der Waals surface area (Å²) in [6, 6.07) is 10.5. The van der Waals surface area contributed by atoms with E-state index in [2.05, 4.69) is 36.1 Å². The van der Waals surface area contributed by atoms with Gasteiger partial charge in [-0.3, -0.25) is 4.90 Å². The van der Waals surface area contributed by atoms with Gasteiger partial charge in [0.2, 0.25) is 0 Å². The third kappa shape index (κ3) is 6.68. The molecule has 96 valence electrons. The predicted molar refractivity (Wildman–Crippen MR) is 73.8 cm³/mol. The molecule has 0 amide bonds. The van der Waals surface area contributed by atoms with Crippen molar-refractivity contribution in [2.24, 2.45) is 5.14 Å². The van der Waals surface area contributed by atoms with Crippen molar-refractivity contribution in [1.82, 2.24) is 4.90 Å². The van der Waals surface area contributed by atoms with Crippen molar-refractivity contribution < 1.29 is 4.55 Å². The zero-order valence-electron chi connectivity index (χ0n) is 10.5. The molecule has 0 bridgehead atoms. The molecule has 17 heavy (non-hydrogen) atoms. The molecule has 2 N–H and O–H groups in total. The molecule has 1 rings (SSSR count). The van der Waals surface area contributed by atoms with Gasteiger partial charge in [-0.1, -0.05) is 37.3 Å². The monoisotopic (exact) mass is 254 g/mol. The van der Waals surface area contributed by atoms with Crippen LogP contribution in [0.3, 0.4) is 0 Å². The highest BCUT2D eigenvalue weighted by Crippen LogP contribution is 2.05. The lowest BCUT2D eigenvalue weighted by Crippen LogP contribution is -2.25. The molecular formula is C13H22N2OS. The van der Waals surface area contributed by atoms with Gasteiger partial charge in [-0.25, -0.2) is 0 Å². The minimum atomic E-state index is -1.14. The zero-order chi connectivity index (χ0) is 12.5. The second kappa shape index (κ2) is 8.53. The first-order chi connectivity index (χ1) is 8.22. The normalized spacial score (nSPS) is 12.9. The molecule has 1 unspecified atom stereocenters. The Morgan fingerprint density at radius 2 is 1.94 bits per heavy atom. The van der Waals surface area contributed by atoms with Gasteiger partial charge in [0, 0.05) is 17.9 Å². The quantitative estimate of drug-likeness (QED) is 0.569. The standard InChI is InChI=1S/C13H22N2OS/c1-2-15(10-6-7-11-17(14)16)12-13-8-4-3-5-9-13/h3-5,8-9H,2,6-7,10-12,14H2,1H3. The Kier molecular flexibility index (Phi) is 7.28. The highest BCUT2D eigenvalue weighted by molar-refractivity contribution is 7.89. The number of nitrogens with two attached hydrogens (primary N) is 1. The molecule has 4 heteroatoms. The van der Waals surface area contributed by atoms with E-state index in [1.165, 1.54) is 5.56 Å². The number of benzene rings is 1. The van der Waals surface area contributed by atoms with Gasteiger partial charge in [0.15, 0.2) is 0 Å². The average molecular weight is 254 g/mol. The van der Waals surface area contributed by atoms with E-state index in [0.717, 1.165) is 32.5 Å². The third-order valence-electron chi connectivity index (χ3n) is 2.77. The molecule has 0 heterocycles.